The second-order valence-corrected chi connectivity index (χ2v) is 8.31. The average molecular weight is 469 g/mol. The Labute approximate surface area is 194 Å². The number of nitrogens with zero attached hydrogens (tertiary/aromatic N) is 2. The molecule has 1 fully saturated rings. The molecule has 3 aliphatic rings. The number of nitrogens with one attached hydrogen (secondary N) is 2. The quantitative estimate of drug-likeness (QED) is 0.146. The van der Waals surface area contributed by atoms with Gasteiger partial charge in [0.1, 0.15) is 29.6 Å². The van der Waals surface area contributed by atoms with E-state index in [1.807, 2.05) is 6.07 Å². The number of hydrogen-bond acceptors (Lipinski definition) is 11. The molecule has 5 rings (SSSR count). The van der Waals surface area contributed by atoms with Crippen LogP contribution in [0.5, 0.6) is 11.5 Å². The van der Waals surface area contributed by atoms with Crippen molar-refractivity contribution in [2.45, 2.75) is 29.6 Å². The summed E-state index contributed by atoms with van der Waals surface area (Å²) in [6, 6.07) is 13.7. The van der Waals surface area contributed by atoms with Crippen LogP contribution in [0.2, 0.25) is 0 Å². The molecule has 0 aromatic heterocycles. The van der Waals surface area contributed by atoms with Crippen molar-refractivity contribution in [3.05, 3.63) is 60.2 Å². The molecule has 4 atom stereocenters. The molecule has 3 aliphatic heterocycles. The van der Waals surface area contributed by atoms with Crippen molar-refractivity contribution in [2.75, 3.05) is 13.2 Å². The van der Waals surface area contributed by atoms with E-state index in [0.29, 0.717) is 5.75 Å². The van der Waals surface area contributed by atoms with Gasteiger partial charge in [-0.3, -0.25) is 11.1 Å². The van der Waals surface area contributed by atoms with Crippen molar-refractivity contribution in [3.8, 4) is 11.5 Å². The lowest BCUT2D eigenvalue weighted by Crippen LogP contribution is -2.78. The zero-order valence-corrected chi connectivity index (χ0v) is 18.0. The fraction of sp³-hybridized carbons (Fsp3) is 0.318. The lowest BCUT2D eigenvalue weighted by molar-refractivity contribution is -0.623. The van der Waals surface area contributed by atoms with E-state index in [1.165, 1.54) is 10.6 Å². The average Bonchev–Trinajstić information content (AvgIpc) is 3.29. The predicted octanol–water partition coefficient (Wildman–Crippen LogP) is -2.03. The van der Waals surface area contributed by atoms with Crippen LogP contribution < -0.4 is 26.8 Å². The Morgan fingerprint density at radius 1 is 1.15 bits per heavy atom. The summed E-state index contributed by atoms with van der Waals surface area (Å²) in [6.07, 6.45) is -1.45. The minimum atomic E-state index is -2.67. The zero-order chi connectivity index (χ0) is 24.1. The highest BCUT2D eigenvalue weighted by Crippen LogP contribution is 2.42. The van der Waals surface area contributed by atoms with Gasteiger partial charge in [0.05, 0.1) is 6.61 Å². The minimum absolute atomic E-state index is 0.0477. The van der Waals surface area contributed by atoms with Gasteiger partial charge < -0.3 is 35.8 Å². The third kappa shape index (κ3) is 3.15. The number of guanidine groups is 2. The summed E-state index contributed by atoms with van der Waals surface area (Å²) in [6.45, 7) is -0.576. The molecule has 0 unspecified atom stereocenters. The normalized spacial score (nSPS) is 28.8. The van der Waals surface area contributed by atoms with Crippen LogP contribution in [0.4, 0.5) is 0 Å². The Balaban J connectivity index is 1.45. The number of rotatable bonds is 5. The van der Waals surface area contributed by atoms with Gasteiger partial charge in [-0.1, -0.05) is 30.3 Å². The Bertz CT molecular complexity index is 1190. The molecule has 0 bridgehead atoms. The molecule has 0 amide bonds. The molecule has 2 aromatic rings. The second-order valence-electron chi connectivity index (χ2n) is 8.31. The van der Waals surface area contributed by atoms with E-state index in [9.17, 15) is 20.1 Å². The zero-order valence-electron chi connectivity index (χ0n) is 18.0. The van der Waals surface area contributed by atoms with Crippen molar-refractivity contribution < 1.29 is 34.2 Å². The van der Waals surface area contributed by atoms with Gasteiger partial charge >= 0.3 is 11.9 Å². The molecule has 3 heterocycles. The molecule has 2 aromatic carbocycles. The third-order valence-electron chi connectivity index (χ3n) is 6.34. The summed E-state index contributed by atoms with van der Waals surface area (Å²) in [4.78, 5) is 17.4. The highest BCUT2D eigenvalue weighted by Gasteiger charge is 2.76. The summed E-state index contributed by atoms with van der Waals surface area (Å²) in [5.41, 5.74) is 10.3. The Hall–Kier alpha value is -3.87. The Kier molecular flexibility index (Phi) is 5.08. The largest absolute Gasteiger partial charge is 0.456 e. The number of para-hydroxylation sites is 2. The first-order valence-electron chi connectivity index (χ1n) is 10.6. The summed E-state index contributed by atoms with van der Waals surface area (Å²) in [5.74, 6) is -2.75. The van der Waals surface area contributed by atoms with Gasteiger partial charge in [-0.2, -0.15) is 0 Å². The maximum atomic E-state index is 13.2. The van der Waals surface area contributed by atoms with Crippen LogP contribution in [-0.2, 0) is 4.74 Å². The molecule has 0 saturated carbocycles. The molecule has 178 valence electrons. The van der Waals surface area contributed by atoms with Gasteiger partial charge in [0.2, 0.25) is 5.66 Å². The van der Waals surface area contributed by atoms with Crippen molar-refractivity contribution in [1.29, 1.82) is 0 Å². The molecule has 34 heavy (non-hydrogen) atoms. The van der Waals surface area contributed by atoms with Gasteiger partial charge in [-0.05, 0) is 24.3 Å². The highest BCUT2D eigenvalue weighted by molar-refractivity contribution is 5.93. The van der Waals surface area contributed by atoms with Crippen LogP contribution in [-0.4, -0.2) is 80.6 Å². The van der Waals surface area contributed by atoms with Gasteiger partial charge in [0, 0.05) is 0 Å². The third-order valence-corrected chi connectivity index (χ3v) is 6.34. The van der Waals surface area contributed by atoms with E-state index < -0.39 is 42.2 Å². The van der Waals surface area contributed by atoms with Gasteiger partial charge in [-0.15, -0.1) is 0 Å². The standard InChI is InChI=1S/C22H24N6O6/c23-19-26-17-14(11-29)25-20(24)28-10-16(22(31,32)21(17,28)27-19)34-18(30)13-8-4-5-9-15(13)33-12-6-2-1-3-7-12/h1-9,14,16-17,29,31-32H,10-11H2,(H5,23,24,25,26,27)/p+1/t14-,16-,17-,21-/m0/s1. The van der Waals surface area contributed by atoms with E-state index >= 15 is 0 Å². The number of carbonyl (C=O) groups excluding carboxylic acids is 1. The number of hydrogen-bond donors (Lipinski definition) is 7. The maximum absolute atomic E-state index is 13.2. The van der Waals surface area contributed by atoms with Crippen molar-refractivity contribution in [3.63, 3.8) is 0 Å². The van der Waals surface area contributed by atoms with E-state index in [4.69, 9.17) is 20.9 Å². The van der Waals surface area contributed by atoms with Crippen molar-refractivity contribution in [2.24, 2.45) is 16.5 Å². The number of aliphatic hydroxyl groups is 3. The minimum Gasteiger partial charge on any atom is -0.456 e. The van der Waals surface area contributed by atoms with Crippen LogP contribution in [0.25, 0.3) is 0 Å². The lowest BCUT2D eigenvalue weighted by atomic mass is 9.86. The lowest BCUT2D eigenvalue weighted by Gasteiger charge is -2.42. The van der Waals surface area contributed by atoms with Crippen molar-refractivity contribution >= 4 is 17.9 Å². The summed E-state index contributed by atoms with van der Waals surface area (Å²) < 4.78 is 12.8. The number of ether oxygens (including phenoxy) is 2. The molecular weight excluding hydrogens is 444 g/mol. The summed E-state index contributed by atoms with van der Waals surface area (Å²) >= 11 is 0. The number of esters is 1. The molecule has 12 heteroatoms. The van der Waals surface area contributed by atoms with Gasteiger partial charge in [0.25, 0.3) is 5.79 Å². The van der Waals surface area contributed by atoms with E-state index in [2.05, 4.69) is 15.6 Å². The molecule has 1 saturated heterocycles. The van der Waals surface area contributed by atoms with Crippen molar-refractivity contribution in [1.82, 2.24) is 10.6 Å². The molecular formula is C22H25N6O6+. The monoisotopic (exact) mass is 469 g/mol. The first-order chi connectivity index (χ1) is 16.3. The summed E-state index contributed by atoms with van der Waals surface area (Å²) in [7, 11) is 0. The number of benzene rings is 2. The topological polar surface area (TPSA) is 188 Å². The Morgan fingerprint density at radius 3 is 2.59 bits per heavy atom. The fourth-order valence-corrected chi connectivity index (χ4v) is 4.78. The van der Waals surface area contributed by atoms with Crippen LogP contribution in [0.15, 0.2) is 59.6 Å². The molecule has 0 radical (unpaired) electrons. The molecule has 0 aliphatic carbocycles. The molecule has 1 spiro atoms. The van der Waals surface area contributed by atoms with Crippen LogP contribution in [0.1, 0.15) is 10.4 Å². The predicted molar refractivity (Wildman–Crippen MR) is 119 cm³/mol. The van der Waals surface area contributed by atoms with Gasteiger partial charge in [0.15, 0.2) is 18.1 Å². The Morgan fingerprint density at radius 2 is 1.85 bits per heavy atom. The highest BCUT2D eigenvalue weighted by atomic mass is 16.6. The van der Waals surface area contributed by atoms with E-state index in [0.717, 1.165) is 0 Å². The molecule has 9 N–H and O–H groups in total. The first-order valence-corrected chi connectivity index (χ1v) is 10.6. The van der Waals surface area contributed by atoms with Crippen LogP contribution in [0.3, 0.4) is 0 Å². The number of aliphatic imine (C=N–C) groups is 1. The molecule has 12 nitrogen and oxygen atoms in total. The van der Waals surface area contributed by atoms with Gasteiger partial charge in [-0.25, -0.2) is 14.4 Å². The summed E-state index contributed by atoms with van der Waals surface area (Å²) in [5, 5.41) is 38.1. The number of carbonyl (C=O) groups is 1. The number of nitrogens with two attached hydrogens (primary N) is 2. The van der Waals surface area contributed by atoms with E-state index in [-0.39, 0.29) is 29.8 Å². The fourth-order valence-electron chi connectivity index (χ4n) is 4.78. The second kappa shape index (κ2) is 7.87. The SMILES string of the molecule is NC1=N[C@H]2[C@H](CO)NC(N)=[N+]3C[C@H](OC(=O)c4ccccc4Oc4ccccc4)C(O)(O)[C@]23N1. The first kappa shape index (κ1) is 21.9. The maximum Gasteiger partial charge on any atom is 0.346 e. The number of aliphatic hydroxyl groups excluding tert-OH is 1. The van der Waals surface area contributed by atoms with Crippen LogP contribution >= 0.6 is 0 Å². The van der Waals surface area contributed by atoms with E-state index in [1.54, 1.807) is 42.5 Å². The smallest absolute Gasteiger partial charge is 0.346 e. The van der Waals surface area contributed by atoms with Crippen LogP contribution in [0, 0.1) is 0 Å².